The summed E-state index contributed by atoms with van der Waals surface area (Å²) in [5.41, 5.74) is 0.613. The topological polar surface area (TPSA) is 38.3 Å². The highest BCUT2D eigenvalue weighted by Crippen LogP contribution is 2.18. The number of hydrogen-bond acceptors (Lipinski definition) is 2. The summed E-state index contributed by atoms with van der Waals surface area (Å²) in [7, 11) is 0. The second kappa shape index (κ2) is 8.00. The van der Waals surface area contributed by atoms with Crippen molar-refractivity contribution in [3.63, 3.8) is 0 Å². The zero-order chi connectivity index (χ0) is 15.2. The predicted octanol–water partition coefficient (Wildman–Crippen LogP) is 4.52. The van der Waals surface area contributed by atoms with Crippen LogP contribution in [-0.4, -0.2) is 19.1 Å². The van der Waals surface area contributed by atoms with Crippen molar-refractivity contribution in [1.29, 1.82) is 0 Å². The SMILES string of the molecule is O=C(NCCOc1cccc(Br)c1)c1ccc(Cl)cc1I. The first-order valence-electron chi connectivity index (χ1n) is 6.18. The molecule has 0 aliphatic carbocycles. The van der Waals surface area contributed by atoms with E-state index in [9.17, 15) is 4.79 Å². The van der Waals surface area contributed by atoms with E-state index in [1.165, 1.54) is 0 Å². The summed E-state index contributed by atoms with van der Waals surface area (Å²) in [6.45, 7) is 0.844. The smallest absolute Gasteiger partial charge is 0.252 e. The van der Waals surface area contributed by atoms with Crippen molar-refractivity contribution in [2.75, 3.05) is 13.2 Å². The molecule has 110 valence electrons. The van der Waals surface area contributed by atoms with Crippen molar-refractivity contribution in [1.82, 2.24) is 5.32 Å². The summed E-state index contributed by atoms with van der Waals surface area (Å²) < 4.78 is 7.34. The zero-order valence-electron chi connectivity index (χ0n) is 10.9. The number of benzene rings is 2. The quantitative estimate of drug-likeness (QED) is 0.505. The minimum absolute atomic E-state index is 0.131. The summed E-state index contributed by atoms with van der Waals surface area (Å²) in [4.78, 5) is 12.0. The molecule has 0 aliphatic rings. The van der Waals surface area contributed by atoms with Crippen LogP contribution in [0.1, 0.15) is 10.4 Å². The summed E-state index contributed by atoms with van der Waals surface area (Å²) in [5.74, 6) is 0.633. The third-order valence-corrected chi connectivity index (χ3v) is 4.25. The lowest BCUT2D eigenvalue weighted by atomic mass is 10.2. The molecule has 21 heavy (non-hydrogen) atoms. The van der Waals surface area contributed by atoms with Crippen molar-refractivity contribution >= 4 is 56.0 Å². The fraction of sp³-hybridized carbons (Fsp3) is 0.133. The molecule has 0 heterocycles. The monoisotopic (exact) mass is 479 g/mol. The Hall–Kier alpha value is -0.790. The van der Waals surface area contributed by atoms with E-state index in [2.05, 4.69) is 43.8 Å². The molecule has 3 nitrogen and oxygen atoms in total. The average Bonchev–Trinajstić information content (AvgIpc) is 2.43. The molecule has 0 radical (unpaired) electrons. The van der Waals surface area contributed by atoms with Gasteiger partial charge in [-0.15, -0.1) is 0 Å². The van der Waals surface area contributed by atoms with Crippen LogP contribution in [0.15, 0.2) is 46.9 Å². The molecule has 2 rings (SSSR count). The van der Waals surface area contributed by atoms with Crippen LogP contribution in [0.4, 0.5) is 0 Å². The Balaban J connectivity index is 1.82. The Labute approximate surface area is 150 Å². The molecular formula is C15H12BrClINO2. The highest BCUT2D eigenvalue weighted by Gasteiger charge is 2.09. The normalized spacial score (nSPS) is 10.2. The lowest BCUT2D eigenvalue weighted by Gasteiger charge is -2.09. The number of carbonyl (C=O) groups excluding carboxylic acids is 1. The Kier molecular flexibility index (Phi) is 6.32. The van der Waals surface area contributed by atoms with E-state index in [0.29, 0.717) is 23.7 Å². The first-order chi connectivity index (χ1) is 10.1. The van der Waals surface area contributed by atoms with Crippen molar-refractivity contribution in [3.8, 4) is 5.75 Å². The van der Waals surface area contributed by atoms with Crippen LogP contribution in [0.3, 0.4) is 0 Å². The molecule has 1 amide bonds. The second-order valence-corrected chi connectivity index (χ2v) is 6.70. The number of nitrogens with one attached hydrogen (secondary N) is 1. The van der Waals surface area contributed by atoms with Gasteiger partial charge >= 0.3 is 0 Å². The lowest BCUT2D eigenvalue weighted by Crippen LogP contribution is -2.28. The summed E-state index contributed by atoms with van der Waals surface area (Å²) in [6, 6.07) is 12.8. The van der Waals surface area contributed by atoms with Gasteiger partial charge < -0.3 is 10.1 Å². The average molecular weight is 481 g/mol. The van der Waals surface area contributed by atoms with E-state index in [0.717, 1.165) is 13.8 Å². The fourth-order valence-electron chi connectivity index (χ4n) is 1.66. The third kappa shape index (κ3) is 5.16. The molecule has 0 atom stereocenters. The van der Waals surface area contributed by atoms with Gasteiger partial charge in [0.2, 0.25) is 0 Å². The van der Waals surface area contributed by atoms with Gasteiger partial charge in [-0.1, -0.05) is 33.6 Å². The Morgan fingerprint density at radius 1 is 1.29 bits per heavy atom. The first kappa shape index (κ1) is 16.6. The van der Waals surface area contributed by atoms with Gasteiger partial charge in [0.15, 0.2) is 0 Å². The maximum Gasteiger partial charge on any atom is 0.252 e. The van der Waals surface area contributed by atoms with Gasteiger partial charge in [-0.25, -0.2) is 0 Å². The summed E-state index contributed by atoms with van der Waals surface area (Å²) in [6.07, 6.45) is 0. The molecule has 0 aromatic heterocycles. The maximum atomic E-state index is 12.0. The van der Waals surface area contributed by atoms with Crippen LogP contribution in [0.25, 0.3) is 0 Å². The van der Waals surface area contributed by atoms with Gasteiger partial charge in [0.05, 0.1) is 12.1 Å². The number of halogens is 3. The Bertz CT molecular complexity index is 651. The van der Waals surface area contributed by atoms with E-state index in [1.807, 2.05) is 24.3 Å². The van der Waals surface area contributed by atoms with Gasteiger partial charge in [-0.3, -0.25) is 4.79 Å². The highest BCUT2D eigenvalue weighted by molar-refractivity contribution is 14.1. The predicted molar refractivity (Wildman–Crippen MR) is 96.1 cm³/mol. The molecule has 0 saturated carbocycles. The van der Waals surface area contributed by atoms with Crippen molar-refractivity contribution in [3.05, 3.63) is 61.1 Å². The van der Waals surface area contributed by atoms with Gasteiger partial charge in [0, 0.05) is 13.1 Å². The van der Waals surface area contributed by atoms with E-state index in [1.54, 1.807) is 18.2 Å². The Morgan fingerprint density at radius 2 is 2.10 bits per heavy atom. The minimum Gasteiger partial charge on any atom is -0.492 e. The van der Waals surface area contributed by atoms with E-state index in [-0.39, 0.29) is 5.91 Å². The van der Waals surface area contributed by atoms with Gasteiger partial charge in [0.1, 0.15) is 12.4 Å². The number of rotatable bonds is 5. The van der Waals surface area contributed by atoms with Crippen molar-refractivity contribution in [2.45, 2.75) is 0 Å². The van der Waals surface area contributed by atoms with E-state index < -0.39 is 0 Å². The molecule has 2 aromatic carbocycles. The van der Waals surface area contributed by atoms with Crippen molar-refractivity contribution < 1.29 is 9.53 Å². The molecule has 0 unspecified atom stereocenters. The molecule has 0 spiro atoms. The molecule has 6 heteroatoms. The van der Waals surface area contributed by atoms with Gasteiger partial charge in [-0.05, 0) is 59.0 Å². The number of amides is 1. The summed E-state index contributed by atoms with van der Waals surface area (Å²) in [5, 5.41) is 3.44. The summed E-state index contributed by atoms with van der Waals surface area (Å²) >= 11 is 11.3. The number of hydrogen-bond donors (Lipinski definition) is 1. The largest absolute Gasteiger partial charge is 0.492 e. The maximum absolute atomic E-state index is 12.0. The lowest BCUT2D eigenvalue weighted by molar-refractivity contribution is 0.0946. The molecule has 0 saturated heterocycles. The van der Waals surface area contributed by atoms with Crippen LogP contribution in [0, 0.1) is 3.57 Å². The van der Waals surface area contributed by atoms with Crippen LogP contribution < -0.4 is 10.1 Å². The van der Waals surface area contributed by atoms with Gasteiger partial charge in [-0.2, -0.15) is 0 Å². The highest BCUT2D eigenvalue weighted by atomic mass is 127. The standard InChI is InChI=1S/C15H12BrClINO2/c16-10-2-1-3-12(8-10)21-7-6-19-15(20)13-5-4-11(17)9-14(13)18/h1-5,8-9H,6-7H2,(H,19,20). The van der Waals surface area contributed by atoms with Crippen LogP contribution in [-0.2, 0) is 0 Å². The first-order valence-corrected chi connectivity index (χ1v) is 8.43. The molecule has 1 N–H and O–H groups in total. The van der Waals surface area contributed by atoms with E-state index in [4.69, 9.17) is 16.3 Å². The molecule has 0 bridgehead atoms. The van der Waals surface area contributed by atoms with Gasteiger partial charge in [0.25, 0.3) is 5.91 Å². The number of carbonyl (C=O) groups is 1. The Morgan fingerprint density at radius 3 is 2.81 bits per heavy atom. The zero-order valence-corrected chi connectivity index (χ0v) is 15.4. The van der Waals surface area contributed by atoms with Crippen LogP contribution in [0.5, 0.6) is 5.75 Å². The molecule has 0 fully saturated rings. The molecular weight excluding hydrogens is 468 g/mol. The van der Waals surface area contributed by atoms with Crippen LogP contribution in [0.2, 0.25) is 5.02 Å². The van der Waals surface area contributed by atoms with Crippen molar-refractivity contribution in [2.24, 2.45) is 0 Å². The van der Waals surface area contributed by atoms with Crippen LogP contribution >= 0.6 is 50.1 Å². The molecule has 0 aliphatic heterocycles. The third-order valence-electron chi connectivity index (χ3n) is 2.63. The van der Waals surface area contributed by atoms with E-state index >= 15 is 0 Å². The molecule has 2 aromatic rings. The fourth-order valence-corrected chi connectivity index (χ4v) is 3.15. The number of ether oxygens (including phenoxy) is 1. The minimum atomic E-state index is -0.131. The second-order valence-electron chi connectivity index (χ2n) is 4.19.